The van der Waals surface area contributed by atoms with Crippen molar-refractivity contribution in [2.24, 2.45) is 0 Å². The van der Waals surface area contributed by atoms with Gasteiger partial charge in [0.25, 0.3) is 0 Å². The second-order valence-electron chi connectivity index (χ2n) is 3.84. The average Bonchev–Trinajstić information content (AvgIpc) is 2.43. The zero-order chi connectivity index (χ0) is 16.2. The molecule has 1 atom stereocenters. The van der Waals surface area contributed by atoms with Gasteiger partial charge in [-0.15, -0.1) is 0 Å². The van der Waals surface area contributed by atoms with Crippen LogP contribution in [0.15, 0.2) is 21.5 Å². The molecule has 0 saturated carbocycles. The number of hydrogen-bond donors (Lipinski definition) is 3. The lowest BCUT2D eigenvalue weighted by molar-refractivity contribution is -0.146. The minimum Gasteiger partial charge on any atom is -0.493 e. The predicted molar refractivity (Wildman–Crippen MR) is 76.1 cm³/mol. The van der Waals surface area contributed by atoms with Crippen LogP contribution in [0.5, 0.6) is 11.5 Å². The Morgan fingerprint density at radius 1 is 1.33 bits per heavy atom. The molecule has 0 heterocycles. The van der Waals surface area contributed by atoms with E-state index in [1.54, 1.807) is 0 Å². The third-order valence-corrected chi connectivity index (χ3v) is 4.86. The Bertz CT molecular complexity index is 632. The van der Waals surface area contributed by atoms with Gasteiger partial charge in [-0.1, -0.05) is 0 Å². The largest absolute Gasteiger partial charge is 0.493 e. The molecule has 8 nitrogen and oxygen atoms in total. The number of nitrogens with one attached hydrogen (secondary N) is 1. The summed E-state index contributed by atoms with van der Waals surface area (Å²) < 4.78 is 36.5. The molecule has 1 unspecified atom stereocenters. The lowest BCUT2D eigenvalue weighted by Crippen LogP contribution is -2.36. The Morgan fingerprint density at radius 3 is 2.33 bits per heavy atom. The highest BCUT2D eigenvalue weighted by atomic mass is 79.9. The smallest absolute Gasteiger partial charge is 0.333 e. The molecule has 0 amide bonds. The van der Waals surface area contributed by atoms with E-state index in [1.165, 1.54) is 26.4 Å². The lowest BCUT2D eigenvalue weighted by Gasteiger charge is -2.13. The van der Waals surface area contributed by atoms with Crippen molar-refractivity contribution in [1.82, 2.24) is 4.72 Å². The fourth-order valence-electron chi connectivity index (χ4n) is 1.40. The Morgan fingerprint density at radius 2 is 1.86 bits per heavy atom. The first-order chi connectivity index (χ1) is 9.72. The Hall–Kier alpha value is -1.36. The summed E-state index contributed by atoms with van der Waals surface area (Å²) in [6, 6.07) is 2.62. The van der Waals surface area contributed by atoms with E-state index in [1.807, 2.05) is 4.72 Å². The van der Waals surface area contributed by atoms with Crippen LogP contribution in [0.4, 0.5) is 0 Å². The second kappa shape index (κ2) is 7.07. The summed E-state index contributed by atoms with van der Waals surface area (Å²) in [6.45, 7) is -0.654. The molecule has 21 heavy (non-hydrogen) atoms. The van der Waals surface area contributed by atoms with E-state index >= 15 is 0 Å². The number of carboxylic acids is 1. The molecule has 0 aliphatic heterocycles. The fourth-order valence-corrected chi connectivity index (χ4v) is 3.47. The molecule has 0 bridgehead atoms. The van der Waals surface area contributed by atoms with Crippen molar-refractivity contribution in [3.05, 3.63) is 16.6 Å². The summed E-state index contributed by atoms with van der Waals surface area (Å²) in [6.07, 6.45) is -1.83. The molecule has 0 radical (unpaired) electrons. The van der Waals surface area contributed by atoms with E-state index in [0.29, 0.717) is 5.75 Å². The molecule has 0 saturated heterocycles. The highest BCUT2D eigenvalue weighted by molar-refractivity contribution is 9.10. The normalized spacial score (nSPS) is 12.8. The highest BCUT2D eigenvalue weighted by Crippen LogP contribution is 2.35. The summed E-state index contributed by atoms with van der Waals surface area (Å²) in [5.41, 5.74) is 0. The number of hydrogen-bond acceptors (Lipinski definition) is 6. The minimum atomic E-state index is -4.03. The number of rotatable bonds is 7. The summed E-state index contributed by atoms with van der Waals surface area (Å²) in [5.74, 6) is -1.00. The van der Waals surface area contributed by atoms with Crippen molar-refractivity contribution in [2.45, 2.75) is 11.0 Å². The zero-order valence-electron chi connectivity index (χ0n) is 11.2. The van der Waals surface area contributed by atoms with Crippen LogP contribution in [0.25, 0.3) is 0 Å². The maximum absolute atomic E-state index is 12.1. The number of ether oxygens (including phenoxy) is 2. The molecule has 0 aliphatic carbocycles. The van der Waals surface area contributed by atoms with Gasteiger partial charge in [-0.25, -0.2) is 17.9 Å². The van der Waals surface area contributed by atoms with E-state index in [9.17, 15) is 13.2 Å². The third-order valence-electron chi connectivity index (χ3n) is 2.48. The van der Waals surface area contributed by atoms with Crippen molar-refractivity contribution in [1.29, 1.82) is 0 Å². The number of carboxylic acid groups (broad SMARTS) is 1. The number of carbonyl (C=O) groups is 1. The number of aliphatic hydroxyl groups is 1. The number of aliphatic hydroxyl groups excluding tert-OH is 1. The summed E-state index contributed by atoms with van der Waals surface area (Å²) in [5, 5.41) is 17.6. The van der Waals surface area contributed by atoms with Gasteiger partial charge < -0.3 is 19.7 Å². The van der Waals surface area contributed by atoms with Crippen LogP contribution in [0.1, 0.15) is 0 Å². The minimum absolute atomic E-state index is 0.169. The van der Waals surface area contributed by atoms with E-state index in [2.05, 4.69) is 15.9 Å². The first-order valence-electron chi connectivity index (χ1n) is 5.55. The van der Waals surface area contributed by atoms with Crippen LogP contribution in [-0.2, 0) is 14.8 Å². The Balaban J connectivity index is 3.11. The molecule has 10 heteroatoms. The first kappa shape index (κ1) is 17.7. The number of methoxy groups -OCH3 is 2. The Labute approximate surface area is 129 Å². The van der Waals surface area contributed by atoms with Crippen molar-refractivity contribution < 1.29 is 32.9 Å². The quantitative estimate of drug-likeness (QED) is 0.614. The van der Waals surface area contributed by atoms with Crippen molar-refractivity contribution in [2.75, 3.05) is 20.8 Å². The van der Waals surface area contributed by atoms with E-state index in [0.717, 1.165) is 0 Å². The number of aliphatic carboxylic acids is 1. The molecule has 1 aromatic rings. The predicted octanol–water partition coefficient (Wildman–Crippen LogP) is 0.190. The topological polar surface area (TPSA) is 122 Å². The van der Waals surface area contributed by atoms with Gasteiger partial charge in [0, 0.05) is 17.1 Å². The monoisotopic (exact) mass is 383 g/mol. The molecule has 0 aliphatic rings. The maximum atomic E-state index is 12.1. The van der Waals surface area contributed by atoms with Gasteiger partial charge in [-0.3, -0.25) is 0 Å². The van der Waals surface area contributed by atoms with Crippen LogP contribution in [0.2, 0.25) is 0 Å². The summed E-state index contributed by atoms with van der Waals surface area (Å²) in [7, 11) is -1.28. The number of benzene rings is 1. The molecular formula is C11H14BrNO7S. The molecule has 1 aromatic carbocycles. The molecule has 0 aromatic heterocycles. The van der Waals surface area contributed by atoms with Gasteiger partial charge >= 0.3 is 5.97 Å². The van der Waals surface area contributed by atoms with Crippen molar-refractivity contribution >= 4 is 31.9 Å². The van der Waals surface area contributed by atoms with Gasteiger partial charge in [0.15, 0.2) is 17.6 Å². The molecule has 0 spiro atoms. The van der Waals surface area contributed by atoms with E-state index in [-0.39, 0.29) is 15.1 Å². The maximum Gasteiger partial charge on any atom is 0.333 e. The average molecular weight is 384 g/mol. The molecule has 0 fully saturated rings. The first-order valence-corrected chi connectivity index (χ1v) is 7.82. The fraction of sp³-hybridized carbons (Fsp3) is 0.364. The third kappa shape index (κ3) is 4.30. The van der Waals surface area contributed by atoms with E-state index < -0.39 is 28.6 Å². The lowest BCUT2D eigenvalue weighted by atomic mass is 10.3. The van der Waals surface area contributed by atoms with Crippen LogP contribution in [0.3, 0.4) is 0 Å². The van der Waals surface area contributed by atoms with Crippen LogP contribution in [0, 0.1) is 0 Å². The Kier molecular flexibility index (Phi) is 5.96. The molecule has 118 valence electrons. The van der Waals surface area contributed by atoms with Crippen molar-refractivity contribution in [3.63, 3.8) is 0 Å². The second-order valence-corrected chi connectivity index (χ2v) is 6.43. The van der Waals surface area contributed by atoms with Gasteiger partial charge in [0.2, 0.25) is 10.0 Å². The highest BCUT2D eigenvalue weighted by Gasteiger charge is 2.23. The van der Waals surface area contributed by atoms with Gasteiger partial charge in [0.1, 0.15) is 4.90 Å². The van der Waals surface area contributed by atoms with Crippen LogP contribution < -0.4 is 14.2 Å². The molecule has 1 rings (SSSR count). The van der Waals surface area contributed by atoms with Crippen LogP contribution in [-0.4, -0.2) is 51.5 Å². The molecular weight excluding hydrogens is 370 g/mol. The van der Waals surface area contributed by atoms with E-state index in [4.69, 9.17) is 19.7 Å². The van der Waals surface area contributed by atoms with Crippen LogP contribution >= 0.6 is 15.9 Å². The molecule has 3 N–H and O–H groups in total. The SMILES string of the molecule is COc1cc(Br)c(S(=O)(=O)NCC(O)C(=O)O)cc1OC. The standard InChI is InChI=1S/C11H14BrNO7S/c1-19-8-3-6(12)10(4-9(8)20-2)21(17,18)13-5-7(14)11(15)16/h3-4,7,13-14H,5H2,1-2H3,(H,15,16). The number of sulfonamides is 1. The van der Waals surface area contributed by atoms with Gasteiger partial charge in [-0.05, 0) is 22.0 Å². The zero-order valence-corrected chi connectivity index (χ0v) is 13.6. The number of halogens is 1. The van der Waals surface area contributed by atoms with Crippen molar-refractivity contribution in [3.8, 4) is 11.5 Å². The summed E-state index contributed by atoms with van der Waals surface area (Å²) >= 11 is 3.09. The van der Waals surface area contributed by atoms with Gasteiger partial charge in [0.05, 0.1) is 14.2 Å². The summed E-state index contributed by atoms with van der Waals surface area (Å²) in [4.78, 5) is 10.3. The van der Waals surface area contributed by atoms with Gasteiger partial charge in [-0.2, -0.15) is 0 Å².